The van der Waals surface area contributed by atoms with Crippen molar-refractivity contribution in [2.45, 2.75) is 58.3 Å². The van der Waals surface area contributed by atoms with Crippen molar-refractivity contribution in [1.29, 1.82) is 0 Å². The largest absolute Gasteiger partial charge is 0.378 e. The third-order valence-electron chi connectivity index (χ3n) is 4.59. The quantitative estimate of drug-likeness (QED) is 0.809. The minimum atomic E-state index is -0.336. The number of hydrogen-bond acceptors (Lipinski definition) is 4. The fraction of sp³-hybridized carbons (Fsp3) is 0.938. The van der Waals surface area contributed by atoms with Gasteiger partial charge < -0.3 is 14.4 Å². The Morgan fingerprint density at radius 3 is 2.62 bits per heavy atom. The normalized spacial score (nSPS) is 33.7. The molecule has 0 saturated carbocycles. The molecule has 2 aliphatic heterocycles. The van der Waals surface area contributed by atoms with E-state index in [1.165, 1.54) is 0 Å². The minimum absolute atomic E-state index is 0.0615. The first-order valence-corrected chi connectivity index (χ1v) is 8.08. The zero-order chi connectivity index (χ0) is 15.6. The first-order chi connectivity index (χ1) is 9.88. The van der Waals surface area contributed by atoms with Gasteiger partial charge in [0.1, 0.15) is 5.60 Å². The molecule has 2 heterocycles. The van der Waals surface area contributed by atoms with E-state index in [4.69, 9.17) is 9.47 Å². The van der Waals surface area contributed by atoms with Crippen LogP contribution in [0.15, 0.2) is 0 Å². The summed E-state index contributed by atoms with van der Waals surface area (Å²) in [6, 6.07) is -0.0615. The van der Waals surface area contributed by atoms with E-state index in [-0.39, 0.29) is 23.7 Å². The molecule has 5 heteroatoms. The van der Waals surface area contributed by atoms with Crippen LogP contribution in [0.3, 0.4) is 0 Å². The van der Waals surface area contributed by atoms with Gasteiger partial charge in [-0.05, 0) is 18.3 Å². The molecule has 0 radical (unpaired) electrons. The Hall–Kier alpha value is -0.650. The van der Waals surface area contributed by atoms with Gasteiger partial charge in [-0.2, -0.15) is 0 Å². The maximum Gasteiger partial charge on any atom is 0.241 e. The van der Waals surface area contributed by atoms with Crippen LogP contribution in [-0.2, 0) is 14.3 Å². The van der Waals surface area contributed by atoms with E-state index in [0.29, 0.717) is 31.6 Å². The molecule has 0 spiro atoms. The molecular weight excluding hydrogens is 268 g/mol. The van der Waals surface area contributed by atoms with Crippen LogP contribution in [-0.4, -0.2) is 55.5 Å². The topological polar surface area (TPSA) is 50.8 Å². The van der Waals surface area contributed by atoms with E-state index in [1.54, 1.807) is 7.11 Å². The van der Waals surface area contributed by atoms with Gasteiger partial charge in [0.2, 0.25) is 5.91 Å². The van der Waals surface area contributed by atoms with Crippen LogP contribution >= 0.6 is 0 Å². The molecule has 3 unspecified atom stereocenters. The van der Waals surface area contributed by atoms with Crippen molar-refractivity contribution < 1.29 is 14.3 Å². The van der Waals surface area contributed by atoms with Crippen molar-refractivity contribution in [3.63, 3.8) is 0 Å². The third kappa shape index (κ3) is 3.58. The fourth-order valence-corrected chi connectivity index (χ4v) is 3.32. The molecule has 2 aliphatic rings. The smallest absolute Gasteiger partial charge is 0.241 e. The molecule has 122 valence electrons. The average Bonchev–Trinajstić information content (AvgIpc) is 2.99. The molecule has 0 aliphatic carbocycles. The summed E-state index contributed by atoms with van der Waals surface area (Å²) in [5.41, 5.74) is -0.336. The number of hydrogen-bond donors (Lipinski definition) is 1. The second kappa shape index (κ2) is 6.63. The summed E-state index contributed by atoms with van der Waals surface area (Å²) >= 11 is 0. The predicted molar refractivity (Wildman–Crippen MR) is 81.9 cm³/mol. The summed E-state index contributed by atoms with van der Waals surface area (Å²) in [4.78, 5) is 14.8. The van der Waals surface area contributed by atoms with E-state index in [1.807, 2.05) is 4.90 Å². The highest BCUT2D eigenvalue weighted by Gasteiger charge is 2.46. The second-order valence-corrected chi connectivity index (χ2v) is 7.19. The average molecular weight is 298 g/mol. The number of amides is 1. The van der Waals surface area contributed by atoms with Crippen molar-refractivity contribution in [3.05, 3.63) is 0 Å². The van der Waals surface area contributed by atoms with Gasteiger partial charge in [-0.25, -0.2) is 0 Å². The number of nitrogens with zero attached hydrogens (tertiary/aromatic N) is 1. The lowest BCUT2D eigenvalue weighted by Gasteiger charge is -2.35. The highest BCUT2D eigenvalue weighted by molar-refractivity contribution is 5.84. The predicted octanol–water partition coefficient (Wildman–Crippen LogP) is 1.62. The molecule has 1 N–H and O–H groups in total. The summed E-state index contributed by atoms with van der Waals surface area (Å²) < 4.78 is 11.2. The van der Waals surface area contributed by atoms with E-state index in [2.05, 4.69) is 33.0 Å². The van der Waals surface area contributed by atoms with Crippen LogP contribution in [0.2, 0.25) is 0 Å². The SMILES string of the molecule is COC1(CN2C(=O)C(CC(C)C)NC2C(C)C)CCOC1. The molecular formula is C16H30N2O3. The summed E-state index contributed by atoms with van der Waals surface area (Å²) in [5, 5.41) is 3.52. The highest BCUT2D eigenvalue weighted by Crippen LogP contribution is 2.29. The van der Waals surface area contributed by atoms with Gasteiger partial charge in [0.15, 0.2) is 0 Å². The van der Waals surface area contributed by atoms with Crippen LogP contribution < -0.4 is 5.32 Å². The lowest BCUT2D eigenvalue weighted by molar-refractivity contribution is -0.135. The Balaban J connectivity index is 2.12. The van der Waals surface area contributed by atoms with Crippen LogP contribution in [0.25, 0.3) is 0 Å². The molecule has 0 aromatic rings. The molecule has 0 aromatic carbocycles. The molecule has 1 amide bonds. The number of nitrogens with one attached hydrogen (secondary N) is 1. The summed E-state index contributed by atoms with van der Waals surface area (Å²) in [7, 11) is 1.72. The van der Waals surface area contributed by atoms with E-state index >= 15 is 0 Å². The third-order valence-corrected chi connectivity index (χ3v) is 4.59. The summed E-state index contributed by atoms with van der Waals surface area (Å²) in [6.07, 6.45) is 1.83. The van der Waals surface area contributed by atoms with Crippen molar-refractivity contribution in [1.82, 2.24) is 10.2 Å². The summed E-state index contributed by atoms with van der Waals surface area (Å²) in [6.45, 7) is 10.5. The molecule has 3 atom stereocenters. The maximum atomic E-state index is 12.8. The van der Waals surface area contributed by atoms with Gasteiger partial charge in [0.25, 0.3) is 0 Å². The zero-order valence-electron chi connectivity index (χ0n) is 14.0. The van der Waals surface area contributed by atoms with E-state index in [0.717, 1.165) is 12.8 Å². The molecule has 5 nitrogen and oxygen atoms in total. The van der Waals surface area contributed by atoms with Gasteiger partial charge in [0.05, 0.1) is 25.4 Å². The number of methoxy groups -OCH3 is 1. The van der Waals surface area contributed by atoms with Crippen LogP contribution in [0.1, 0.15) is 40.5 Å². The van der Waals surface area contributed by atoms with E-state index in [9.17, 15) is 4.79 Å². The van der Waals surface area contributed by atoms with Crippen molar-refractivity contribution in [2.24, 2.45) is 11.8 Å². The zero-order valence-corrected chi connectivity index (χ0v) is 14.0. The standard InChI is InChI=1S/C16H30N2O3/c1-11(2)8-13-15(19)18(14(17-13)12(3)4)9-16(20-5)6-7-21-10-16/h11-14,17H,6-10H2,1-5H3. The first kappa shape index (κ1) is 16.7. The molecule has 2 rings (SSSR count). The van der Waals surface area contributed by atoms with Gasteiger partial charge in [-0.15, -0.1) is 0 Å². The van der Waals surface area contributed by atoms with Crippen LogP contribution in [0.5, 0.6) is 0 Å². The highest BCUT2D eigenvalue weighted by atomic mass is 16.5. The Kier molecular flexibility index (Phi) is 5.28. The van der Waals surface area contributed by atoms with Crippen LogP contribution in [0.4, 0.5) is 0 Å². The number of carbonyl (C=O) groups is 1. The van der Waals surface area contributed by atoms with Crippen LogP contribution in [0, 0.1) is 11.8 Å². The Labute approximate surface area is 128 Å². The van der Waals surface area contributed by atoms with Gasteiger partial charge in [-0.1, -0.05) is 27.7 Å². The first-order valence-electron chi connectivity index (χ1n) is 8.08. The lowest BCUT2D eigenvalue weighted by atomic mass is 10.0. The molecule has 0 bridgehead atoms. The minimum Gasteiger partial charge on any atom is -0.378 e. The molecule has 21 heavy (non-hydrogen) atoms. The van der Waals surface area contributed by atoms with Crippen molar-refractivity contribution in [3.8, 4) is 0 Å². The Bertz CT molecular complexity index is 365. The molecule has 0 aromatic heterocycles. The van der Waals surface area contributed by atoms with Crippen molar-refractivity contribution >= 4 is 5.91 Å². The number of ether oxygens (including phenoxy) is 2. The maximum absolute atomic E-state index is 12.8. The number of rotatable bonds is 6. The van der Waals surface area contributed by atoms with E-state index < -0.39 is 0 Å². The summed E-state index contributed by atoms with van der Waals surface area (Å²) in [5.74, 6) is 1.10. The Morgan fingerprint density at radius 1 is 1.43 bits per heavy atom. The Morgan fingerprint density at radius 2 is 2.14 bits per heavy atom. The van der Waals surface area contributed by atoms with Gasteiger partial charge in [0, 0.05) is 20.1 Å². The monoisotopic (exact) mass is 298 g/mol. The lowest BCUT2D eigenvalue weighted by Crippen LogP contribution is -2.51. The van der Waals surface area contributed by atoms with Gasteiger partial charge >= 0.3 is 0 Å². The fourth-order valence-electron chi connectivity index (χ4n) is 3.32. The van der Waals surface area contributed by atoms with Crippen molar-refractivity contribution in [2.75, 3.05) is 26.9 Å². The molecule has 2 saturated heterocycles. The number of carbonyl (C=O) groups excluding carboxylic acids is 1. The molecule has 2 fully saturated rings. The van der Waals surface area contributed by atoms with Gasteiger partial charge in [-0.3, -0.25) is 10.1 Å². The second-order valence-electron chi connectivity index (χ2n) is 7.19.